The minimum atomic E-state index is -0.151. The van der Waals surface area contributed by atoms with Crippen LogP contribution in [-0.2, 0) is 5.41 Å². The Kier molecular flexibility index (Phi) is 2.70. The highest BCUT2D eigenvalue weighted by atomic mass is 19.1. The highest BCUT2D eigenvalue weighted by Crippen LogP contribution is 2.56. The minimum absolute atomic E-state index is 0.151. The predicted octanol–water partition coefficient (Wildman–Crippen LogP) is 3.37. The second-order valence-electron chi connectivity index (χ2n) is 5.69. The van der Waals surface area contributed by atoms with Crippen molar-refractivity contribution in [2.45, 2.75) is 50.0 Å². The zero-order chi connectivity index (χ0) is 11.9. The summed E-state index contributed by atoms with van der Waals surface area (Å²) in [7, 11) is 0. The molecule has 1 nitrogen and oxygen atoms in total. The molecule has 92 valence electrons. The van der Waals surface area contributed by atoms with E-state index in [1.54, 1.807) is 12.1 Å². The van der Waals surface area contributed by atoms with Crippen LogP contribution in [0.3, 0.4) is 0 Å². The Bertz CT molecular complexity index is 394. The van der Waals surface area contributed by atoms with Crippen LogP contribution in [0, 0.1) is 11.7 Å². The van der Waals surface area contributed by atoms with Gasteiger partial charge in [-0.05, 0) is 42.9 Å². The molecule has 1 aromatic rings. The Balaban J connectivity index is 1.89. The van der Waals surface area contributed by atoms with Gasteiger partial charge in [-0.15, -0.1) is 0 Å². The van der Waals surface area contributed by atoms with E-state index >= 15 is 0 Å². The van der Waals surface area contributed by atoms with Gasteiger partial charge in [0.25, 0.3) is 0 Å². The number of halogens is 1. The summed E-state index contributed by atoms with van der Waals surface area (Å²) < 4.78 is 13.0. The summed E-state index contributed by atoms with van der Waals surface area (Å²) in [6, 6.07) is 7.32. The van der Waals surface area contributed by atoms with E-state index in [1.165, 1.54) is 37.7 Å². The van der Waals surface area contributed by atoms with Crippen molar-refractivity contribution in [3.8, 4) is 0 Å². The molecule has 17 heavy (non-hydrogen) atoms. The van der Waals surface area contributed by atoms with E-state index in [0.717, 1.165) is 12.3 Å². The molecule has 3 rings (SSSR count). The molecule has 0 aromatic heterocycles. The standard InChI is InChI=1S/C15H20FN/c16-13-8-6-12(7-9-13)15(10-14(15)17)11-4-2-1-3-5-11/h6-9,11,14H,1-5,10,17H2/t14-,15?/m1/s1. The molecule has 0 spiro atoms. The fourth-order valence-corrected chi connectivity index (χ4v) is 3.72. The zero-order valence-corrected chi connectivity index (χ0v) is 10.2. The van der Waals surface area contributed by atoms with Crippen molar-refractivity contribution in [2.75, 3.05) is 0 Å². The lowest BCUT2D eigenvalue weighted by atomic mass is 9.74. The van der Waals surface area contributed by atoms with Gasteiger partial charge in [-0.1, -0.05) is 31.4 Å². The maximum atomic E-state index is 13.0. The van der Waals surface area contributed by atoms with Crippen molar-refractivity contribution >= 4 is 0 Å². The van der Waals surface area contributed by atoms with Gasteiger partial charge >= 0.3 is 0 Å². The van der Waals surface area contributed by atoms with E-state index in [2.05, 4.69) is 0 Å². The first-order valence-electron chi connectivity index (χ1n) is 6.75. The quantitative estimate of drug-likeness (QED) is 0.832. The lowest BCUT2D eigenvalue weighted by Crippen LogP contribution is -2.29. The van der Waals surface area contributed by atoms with E-state index in [0.29, 0.717) is 0 Å². The lowest BCUT2D eigenvalue weighted by molar-refractivity contribution is 0.284. The van der Waals surface area contributed by atoms with E-state index in [9.17, 15) is 4.39 Å². The van der Waals surface area contributed by atoms with Crippen LogP contribution in [0.1, 0.15) is 44.1 Å². The van der Waals surface area contributed by atoms with Crippen molar-refractivity contribution in [2.24, 2.45) is 11.7 Å². The second-order valence-corrected chi connectivity index (χ2v) is 5.69. The van der Waals surface area contributed by atoms with Crippen molar-refractivity contribution in [3.63, 3.8) is 0 Å². The zero-order valence-electron chi connectivity index (χ0n) is 10.2. The second kappa shape index (κ2) is 4.09. The molecule has 2 atom stereocenters. The third kappa shape index (κ3) is 1.79. The third-order valence-electron chi connectivity index (χ3n) is 4.77. The molecule has 2 fully saturated rings. The Morgan fingerprint density at radius 1 is 1.06 bits per heavy atom. The average Bonchev–Trinajstić information content (AvgIpc) is 3.04. The van der Waals surface area contributed by atoms with Gasteiger partial charge in [-0.25, -0.2) is 4.39 Å². The monoisotopic (exact) mass is 233 g/mol. The van der Waals surface area contributed by atoms with E-state index in [-0.39, 0.29) is 17.3 Å². The first-order chi connectivity index (χ1) is 8.23. The van der Waals surface area contributed by atoms with Crippen molar-refractivity contribution in [3.05, 3.63) is 35.6 Å². The Hall–Kier alpha value is -0.890. The molecule has 0 aliphatic heterocycles. The molecule has 0 saturated heterocycles. The Morgan fingerprint density at radius 2 is 1.65 bits per heavy atom. The van der Waals surface area contributed by atoms with Gasteiger partial charge in [-0.2, -0.15) is 0 Å². The van der Waals surface area contributed by atoms with Gasteiger partial charge in [-0.3, -0.25) is 0 Å². The molecule has 1 aromatic carbocycles. The van der Waals surface area contributed by atoms with Crippen LogP contribution < -0.4 is 5.73 Å². The molecule has 2 aliphatic rings. The Labute approximate surface area is 102 Å². The summed E-state index contributed by atoms with van der Waals surface area (Å²) in [5.74, 6) is 0.568. The molecule has 2 heteroatoms. The molecule has 2 N–H and O–H groups in total. The first-order valence-corrected chi connectivity index (χ1v) is 6.75. The molecule has 1 unspecified atom stereocenters. The maximum Gasteiger partial charge on any atom is 0.123 e. The SMILES string of the molecule is N[C@@H]1CC1(c1ccc(F)cc1)C1CCCCC1. The number of benzene rings is 1. The minimum Gasteiger partial charge on any atom is -0.327 e. The summed E-state index contributed by atoms with van der Waals surface area (Å²) in [5, 5.41) is 0. The van der Waals surface area contributed by atoms with E-state index < -0.39 is 0 Å². The number of hydrogen-bond acceptors (Lipinski definition) is 1. The maximum absolute atomic E-state index is 13.0. The fraction of sp³-hybridized carbons (Fsp3) is 0.600. The molecular formula is C15H20FN. The number of rotatable bonds is 2. The van der Waals surface area contributed by atoms with Crippen LogP contribution >= 0.6 is 0 Å². The summed E-state index contributed by atoms with van der Waals surface area (Å²) in [6.45, 7) is 0. The molecule has 0 bridgehead atoms. The summed E-state index contributed by atoms with van der Waals surface area (Å²) in [6.07, 6.45) is 7.71. The van der Waals surface area contributed by atoms with Gasteiger partial charge < -0.3 is 5.73 Å². The van der Waals surface area contributed by atoms with Gasteiger partial charge in [0, 0.05) is 11.5 Å². The molecular weight excluding hydrogens is 213 g/mol. The van der Waals surface area contributed by atoms with Crippen LogP contribution in [0.25, 0.3) is 0 Å². The summed E-state index contributed by atoms with van der Waals surface area (Å²) >= 11 is 0. The third-order valence-corrected chi connectivity index (χ3v) is 4.77. The van der Waals surface area contributed by atoms with Crippen molar-refractivity contribution < 1.29 is 4.39 Å². The van der Waals surface area contributed by atoms with Gasteiger partial charge in [0.1, 0.15) is 5.82 Å². The predicted molar refractivity (Wildman–Crippen MR) is 67.2 cm³/mol. The van der Waals surface area contributed by atoms with Crippen molar-refractivity contribution in [1.29, 1.82) is 0 Å². The number of nitrogens with two attached hydrogens (primary N) is 1. The van der Waals surface area contributed by atoms with Crippen molar-refractivity contribution in [1.82, 2.24) is 0 Å². The highest BCUT2D eigenvalue weighted by Gasteiger charge is 2.57. The molecule has 0 radical (unpaired) electrons. The molecule has 2 saturated carbocycles. The first kappa shape index (κ1) is 11.2. The van der Waals surface area contributed by atoms with Crippen LogP contribution in [0.15, 0.2) is 24.3 Å². The lowest BCUT2D eigenvalue weighted by Gasteiger charge is -2.31. The fourth-order valence-electron chi connectivity index (χ4n) is 3.72. The van der Waals surface area contributed by atoms with Gasteiger partial charge in [0.2, 0.25) is 0 Å². The average molecular weight is 233 g/mol. The topological polar surface area (TPSA) is 26.0 Å². The van der Waals surface area contributed by atoms with Crippen LogP contribution in [-0.4, -0.2) is 6.04 Å². The normalized spacial score (nSPS) is 33.6. The Morgan fingerprint density at radius 3 is 2.18 bits per heavy atom. The van der Waals surface area contributed by atoms with Crippen LogP contribution in [0.5, 0.6) is 0 Å². The number of hydrogen-bond donors (Lipinski definition) is 1. The summed E-state index contributed by atoms with van der Waals surface area (Å²) in [4.78, 5) is 0. The highest BCUT2D eigenvalue weighted by molar-refractivity contribution is 5.37. The van der Waals surface area contributed by atoms with E-state index in [4.69, 9.17) is 5.73 Å². The van der Waals surface area contributed by atoms with Crippen LogP contribution in [0.2, 0.25) is 0 Å². The molecule has 0 amide bonds. The molecule has 2 aliphatic carbocycles. The van der Waals surface area contributed by atoms with Crippen LogP contribution in [0.4, 0.5) is 4.39 Å². The molecule has 0 heterocycles. The van der Waals surface area contributed by atoms with Gasteiger partial charge in [0.05, 0.1) is 0 Å². The van der Waals surface area contributed by atoms with E-state index in [1.807, 2.05) is 12.1 Å². The smallest absolute Gasteiger partial charge is 0.123 e. The van der Waals surface area contributed by atoms with Gasteiger partial charge in [0.15, 0.2) is 0 Å². The largest absolute Gasteiger partial charge is 0.327 e. The summed E-state index contributed by atoms with van der Waals surface area (Å²) in [5.41, 5.74) is 7.65.